The molecule has 0 bridgehead atoms. The van der Waals surface area contributed by atoms with Crippen LogP contribution in [0.4, 0.5) is 11.4 Å². The molecule has 0 aromatic heterocycles. The number of hydrogen-bond donors (Lipinski definition) is 0. The van der Waals surface area contributed by atoms with Crippen LogP contribution in [0.3, 0.4) is 0 Å². The zero-order chi connectivity index (χ0) is 25.5. The molecule has 0 unspecified atom stereocenters. The molecule has 0 N–H and O–H groups in total. The Bertz CT molecular complexity index is 1520. The number of hydrogen-bond acceptors (Lipinski definition) is 4. The summed E-state index contributed by atoms with van der Waals surface area (Å²) in [7, 11) is 0. The molecule has 0 saturated carbocycles. The monoisotopic (exact) mass is 474 g/mol. The summed E-state index contributed by atoms with van der Waals surface area (Å²) in [6.07, 6.45) is 0. The molecule has 4 amide bonds. The van der Waals surface area contributed by atoms with E-state index in [0.29, 0.717) is 44.4 Å². The molecule has 0 spiro atoms. The van der Waals surface area contributed by atoms with Gasteiger partial charge in [-0.15, -0.1) is 0 Å². The largest absolute Gasteiger partial charge is 0.268 e. The van der Waals surface area contributed by atoms with Crippen LogP contribution in [-0.4, -0.2) is 23.6 Å². The van der Waals surface area contributed by atoms with Crippen molar-refractivity contribution >= 4 is 45.8 Å². The van der Waals surface area contributed by atoms with Crippen molar-refractivity contribution in [2.24, 2.45) is 0 Å². The van der Waals surface area contributed by atoms with E-state index in [1.165, 1.54) is 9.80 Å². The SMILES string of the molecule is Cc1ccc(N2C(=O)c3ccc4c5c(ccc(c35)C2=O)C(=O)N(c2ccc(C)cc2C)C4=O)c(C)c1. The van der Waals surface area contributed by atoms with E-state index in [0.717, 1.165) is 22.3 Å². The molecular formula is C30H22N2O4. The van der Waals surface area contributed by atoms with Gasteiger partial charge in [0.25, 0.3) is 23.6 Å². The Hall–Kier alpha value is -4.58. The zero-order valence-electron chi connectivity index (χ0n) is 20.3. The maximum atomic E-state index is 13.6. The molecule has 4 aromatic rings. The molecule has 2 heterocycles. The van der Waals surface area contributed by atoms with Gasteiger partial charge < -0.3 is 0 Å². The molecule has 0 saturated heterocycles. The van der Waals surface area contributed by atoms with E-state index in [1.807, 2.05) is 52.0 Å². The minimum Gasteiger partial charge on any atom is -0.268 e. The molecule has 0 fully saturated rings. The van der Waals surface area contributed by atoms with Crippen LogP contribution in [0.5, 0.6) is 0 Å². The topological polar surface area (TPSA) is 74.8 Å². The molecule has 6 nitrogen and oxygen atoms in total. The third-order valence-corrected chi connectivity index (χ3v) is 7.08. The fraction of sp³-hybridized carbons (Fsp3) is 0.133. The Morgan fingerprint density at radius 2 is 0.750 bits per heavy atom. The molecule has 36 heavy (non-hydrogen) atoms. The molecule has 6 rings (SSSR count). The Morgan fingerprint density at radius 3 is 1.03 bits per heavy atom. The van der Waals surface area contributed by atoms with E-state index in [4.69, 9.17) is 0 Å². The highest BCUT2D eigenvalue weighted by Crippen LogP contribution is 2.41. The van der Waals surface area contributed by atoms with Crippen molar-refractivity contribution in [2.75, 3.05) is 9.80 Å². The van der Waals surface area contributed by atoms with Crippen LogP contribution in [0.15, 0.2) is 60.7 Å². The van der Waals surface area contributed by atoms with Crippen LogP contribution < -0.4 is 9.80 Å². The number of rotatable bonds is 2. The highest BCUT2D eigenvalue weighted by atomic mass is 16.2. The summed E-state index contributed by atoms with van der Waals surface area (Å²) in [4.78, 5) is 56.9. The minimum atomic E-state index is -0.472. The third-order valence-electron chi connectivity index (χ3n) is 7.08. The molecule has 2 aliphatic heterocycles. The van der Waals surface area contributed by atoms with Crippen molar-refractivity contribution < 1.29 is 19.2 Å². The summed E-state index contributed by atoms with van der Waals surface area (Å²) < 4.78 is 0. The summed E-state index contributed by atoms with van der Waals surface area (Å²) in [6.45, 7) is 7.61. The van der Waals surface area contributed by atoms with E-state index < -0.39 is 23.6 Å². The average molecular weight is 475 g/mol. The smallest absolute Gasteiger partial charge is 0.265 e. The van der Waals surface area contributed by atoms with Crippen LogP contribution in [-0.2, 0) is 0 Å². The number of benzene rings is 4. The van der Waals surface area contributed by atoms with Crippen molar-refractivity contribution in [3.63, 3.8) is 0 Å². The number of carbonyl (C=O) groups is 4. The first kappa shape index (κ1) is 21.9. The van der Waals surface area contributed by atoms with Crippen molar-refractivity contribution in [1.82, 2.24) is 0 Å². The van der Waals surface area contributed by atoms with Crippen LogP contribution in [0.2, 0.25) is 0 Å². The number of carbonyl (C=O) groups excluding carboxylic acids is 4. The van der Waals surface area contributed by atoms with Gasteiger partial charge in [0.05, 0.1) is 11.4 Å². The zero-order valence-corrected chi connectivity index (χ0v) is 20.3. The average Bonchev–Trinajstić information content (AvgIpc) is 2.83. The molecular weight excluding hydrogens is 452 g/mol. The molecule has 0 atom stereocenters. The van der Waals surface area contributed by atoms with Crippen molar-refractivity contribution in [3.05, 3.63) is 105 Å². The van der Waals surface area contributed by atoms with Crippen LogP contribution in [0, 0.1) is 27.7 Å². The standard InChI is InChI=1S/C30H22N2O4/c1-15-5-11-23(17(3)13-15)31-27(33)19-7-9-21-26-22(10-8-20(25(19)26)28(31)34)30(36)32(29(21)35)24-12-6-16(2)14-18(24)4/h5-14H,1-4H3. The third kappa shape index (κ3) is 2.84. The number of amides is 4. The first-order valence-electron chi connectivity index (χ1n) is 11.7. The van der Waals surface area contributed by atoms with E-state index in [1.54, 1.807) is 36.4 Å². The second-order valence-electron chi connectivity index (χ2n) is 9.54. The van der Waals surface area contributed by atoms with Crippen LogP contribution >= 0.6 is 0 Å². The van der Waals surface area contributed by atoms with Crippen molar-refractivity contribution in [2.45, 2.75) is 27.7 Å². The van der Waals surface area contributed by atoms with Crippen molar-refractivity contribution in [3.8, 4) is 0 Å². The molecule has 2 aliphatic rings. The van der Waals surface area contributed by atoms with Gasteiger partial charge in [0.2, 0.25) is 0 Å². The molecule has 0 radical (unpaired) electrons. The van der Waals surface area contributed by atoms with Gasteiger partial charge >= 0.3 is 0 Å². The summed E-state index contributed by atoms with van der Waals surface area (Å²) in [5.74, 6) is -1.89. The Kier molecular flexibility index (Phi) is 4.54. The Balaban J connectivity index is 1.56. The molecule has 6 heteroatoms. The fourth-order valence-corrected chi connectivity index (χ4v) is 5.42. The molecule has 176 valence electrons. The first-order chi connectivity index (χ1) is 17.2. The summed E-state index contributed by atoms with van der Waals surface area (Å²) in [6, 6.07) is 17.4. The number of aryl methyl sites for hydroxylation is 4. The van der Waals surface area contributed by atoms with E-state index in [9.17, 15) is 19.2 Å². The van der Waals surface area contributed by atoms with Gasteiger partial charge in [0, 0.05) is 33.0 Å². The highest BCUT2D eigenvalue weighted by molar-refractivity contribution is 6.42. The predicted octanol–water partition coefficient (Wildman–Crippen LogP) is 5.67. The van der Waals surface area contributed by atoms with Crippen molar-refractivity contribution in [1.29, 1.82) is 0 Å². The summed E-state index contributed by atoms with van der Waals surface area (Å²) >= 11 is 0. The van der Waals surface area contributed by atoms with E-state index >= 15 is 0 Å². The minimum absolute atomic E-state index is 0.297. The Labute approximate surface area is 207 Å². The number of nitrogens with zero attached hydrogens (tertiary/aromatic N) is 2. The lowest BCUT2D eigenvalue weighted by Crippen LogP contribution is -2.43. The lowest BCUT2D eigenvalue weighted by Gasteiger charge is -2.32. The molecule has 4 aromatic carbocycles. The van der Waals surface area contributed by atoms with Gasteiger partial charge in [-0.05, 0) is 75.2 Å². The second kappa shape index (κ2) is 7.46. The number of anilines is 2. The normalized spacial score (nSPS) is 14.8. The second-order valence-corrected chi connectivity index (χ2v) is 9.54. The van der Waals surface area contributed by atoms with Gasteiger partial charge in [-0.1, -0.05) is 35.4 Å². The van der Waals surface area contributed by atoms with Gasteiger partial charge in [-0.2, -0.15) is 0 Å². The first-order valence-corrected chi connectivity index (χ1v) is 11.7. The van der Waals surface area contributed by atoms with Crippen LogP contribution in [0.25, 0.3) is 10.8 Å². The lowest BCUT2D eigenvalue weighted by molar-refractivity contribution is 0.0873. The molecule has 0 aliphatic carbocycles. The summed E-state index contributed by atoms with van der Waals surface area (Å²) in [5, 5.41) is 0.728. The van der Waals surface area contributed by atoms with Crippen LogP contribution in [0.1, 0.15) is 63.7 Å². The number of imide groups is 2. The quantitative estimate of drug-likeness (QED) is 0.351. The fourth-order valence-electron chi connectivity index (χ4n) is 5.42. The maximum Gasteiger partial charge on any atom is 0.265 e. The van der Waals surface area contributed by atoms with Gasteiger partial charge in [-0.3, -0.25) is 19.2 Å². The van der Waals surface area contributed by atoms with Gasteiger partial charge in [0.1, 0.15) is 0 Å². The Morgan fingerprint density at radius 1 is 0.444 bits per heavy atom. The summed E-state index contributed by atoms with van der Waals surface area (Å²) in [5.41, 5.74) is 5.88. The maximum absolute atomic E-state index is 13.6. The predicted molar refractivity (Wildman–Crippen MR) is 138 cm³/mol. The van der Waals surface area contributed by atoms with Gasteiger partial charge in [0.15, 0.2) is 0 Å². The van der Waals surface area contributed by atoms with Gasteiger partial charge in [-0.25, -0.2) is 9.80 Å². The van der Waals surface area contributed by atoms with E-state index in [2.05, 4.69) is 0 Å². The van der Waals surface area contributed by atoms with E-state index in [-0.39, 0.29) is 0 Å². The lowest BCUT2D eigenvalue weighted by atomic mass is 9.85. The highest BCUT2D eigenvalue weighted by Gasteiger charge is 2.41.